The second-order valence-electron chi connectivity index (χ2n) is 4.02. The molecule has 0 bridgehead atoms. The van der Waals surface area contributed by atoms with Gasteiger partial charge >= 0.3 is 5.97 Å². The molecule has 1 heterocycles. The number of esters is 1. The van der Waals surface area contributed by atoms with Crippen molar-refractivity contribution in [1.82, 2.24) is 4.98 Å². The van der Waals surface area contributed by atoms with E-state index in [-0.39, 0.29) is 12.1 Å². The molecule has 88 valence electrons. The maximum absolute atomic E-state index is 11.7. The largest absolute Gasteiger partial charge is 0.459 e. The molecular formula is C13H12ClNO2. The number of benzene rings is 1. The number of pyridine rings is 1. The van der Waals surface area contributed by atoms with Gasteiger partial charge in [0.2, 0.25) is 0 Å². The Kier molecular flexibility index (Phi) is 3.29. The molecule has 0 spiro atoms. The fourth-order valence-electron chi connectivity index (χ4n) is 1.49. The minimum Gasteiger partial charge on any atom is -0.459 e. The number of ether oxygens (including phenoxy) is 1. The van der Waals surface area contributed by atoms with Crippen LogP contribution in [-0.2, 0) is 4.74 Å². The van der Waals surface area contributed by atoms with Gasteiger partial charge in [-0.1, -0.05) is 17.7 Å². The first-order valence-corrected chi connectivity index (χ1v) is 5.70. The minimum atomic E-state index is -0.357. The molecule has 0 saturated heterocycles. The first kappa shape index (κ1) is 11.9. The lowest BCUT2D eigenvalue weighted by Gasteiger charge is -2.08. The zero-order valence-electron chi connectivity index (χ0n) is 9.61. The predicted molar refractivity (Wildman–Crippen MR) is 67.3 cm³/mol. The van der Waals surface area contributed by atoms with Gasteiger partial charge in [-0.3, -0.25) is 4.98 Å². The van der Waals surface area contributed by atoms with Crippen molar-refractivity contribution in [1.29, 1.82) is 0 Å². The molecule has 0 unspecified atom stereocenters. The van der Waals surface area contributed by atoms with Gasteiger partial charge in [-0.05, 0) is 32.0 Å². The molecule has 0 N–H and O–H groups in total. The third-order valence-electron chi connectivity index (χ3n) is 2.22. The highest BCUT2D eigenvalue weighted by Crippen LogP contribution is 2.18. The lowest BCUT2D eigenvalue weighted by molar-refractivity contribution is 0.0377. The second kappa shape index (κ2) is 4.72. The Labute approximate surface area is 104 Å². The minimum absolute atomic E-state index is 0.136. The Morgan fingerprint density at radius 1 is 1.35 bits per heavy atom. The molecule has 0 fully saturated rings. The van der Waals surface area contributed by atoms with Crippen LogP contribution in [0.2, 0.25) is 5.02 Å². The molecule has 3 nitrogen and oxygen atoms in total. The van der Waals surface area contributed by atoms with E-state index in [1.165, 1.54) is 6.20 Å². The summed E-state index contributed by atoms with van der Waals surface area (Å²) in [5.41, 5.74) is 1.21. The van der Waals surface area contributed by atoms with Crippen LogP contribution in [0.4, 0.5) is 0 Å². The van der Waals surface area contributed by atoms with Crippen molar-refractivity contribution < 1.29 is 9.53 Å². The maximum Gasteiger partial charge on any atom is 0.339 e. The van der Waals surface area contributed by atoms with Gasteiger partial charge in [0, 0.05) is 16.6 Å². The Bertz CT molecular complexity index is 566. The number of hydrogen-bond donors (Lipinski definition) is 0. The van der Waals surface area contributed by atoms with Crippen molar-refractivity contribution in [2.45, 2.75) is 20.0 Å². The summed E-state index contributed by atoms with van der Waals surface area (Å²) in [4.78, 5) is 15.9. The second-order valence-corrected chi connectivity index (χ2v) is 4.45. The highest BCUT2D eigenvalue weighted by Gasteiger charge is 2.10. The summed E-state index contributed by atoms with van der Waals surface area (Å²) in [6, 6.07) is 7.11. The SMILES string of the molecule is CC(C)OC(=O)c1cnc2cc(Cl)ccc2c1. The van der Waals surface area contributed by atoms with E-state index in [9.17, 15) is 4.79 Å². The average Bonchev–Trinajstić information content (AvgIpc) is 2.27. The highest BCUT2D eigenvalue weighted by molar-refractivity contribution is 6.31. The van der Waals surface area contributed by atoms with E-state index in [4.69, 9.17) is 16.3 Å². The molecule has 4 heteroatoms. The number of hydrogen-bond acceptors (Lipinski definition) is 3. The Hall–Kier alpha value is -1.61. The van der Waals surface area contributed by atoms with Crippen LogP contribution in [0.1, 0.15) is 24.2 Å². The molecule has 17 heavy (non-hydrogen) atoms. The number of fused-ring (bicyclic) bond motifs is 1. The normalized spacial score (nSPS) is 10.8. The van der Waals surface area contributed by atoms with Gasteiger partial charge in [0.1, 0.15) is 0 Å². The molecule has 0 saturated carbocycles. The van der Waals surface area contributed by atoms with Gasteiger partial charge in [-0.2, -0.15) is 0 Å². The Balaban J connectivity index is 2.38. The molecule has 0 atom stereocenters. The summed E-state index contributed by atoms with van der Waals surface area (Å²) in [5.74, 6) is -0.357. The van der Waals surface area contributed by atoms with Crippen molar-refractivity contribution in [3.05, 3.63) is 41.0 Å². The summed E-state index contributed by atoms with van der Waals surface area (Å²) in [6.45, 7) is 3.62. The summed E-state index contributed by atoms with van der Waals surface area (Å²) in [6.07, 6.45) is 1.37. The lowest BCUT2D eigenvalue weighted by Crippen LogP contribution is -2.11. The molecule has 0 aliphatic heterocycles. The number of nitrogens with zero attached hydrogens (tertiary/aromatic N) is 1. The molecule has 0 amide bonds. The van der Waals surface area contributed by atoms with E-state index in [0.717, 1.165) is 10.9 Å². The molecule has 2 aromatic rings. The number of carbonyl (C=O) groups excluding carboxylic acids is 1. The monoisotopic (exact) mass is 249 g/mol. The zero-order valence-corrected chi connectivity index (χ0v) is 10.4. The van der Waals surface area contributed by atoms with Crippen LogP contribution in [-0.4, -0.2) is 17.1 Å². The van der Waals surface area contributed by atoms with E-state index in [1.54, 1.807) is 18.2 Å². The van der Waals surface area contributed by atoms with Crippen molar-refractivity contribution in [2.75, 3.05) is 0 Å². The van der Waals surface area contributed by atoms with Crippen LogP contribution in [0, 0.1) is 0 Å². The van der Waals surface area contributed by atoms with Gasteiger partial charge in [0.15, 0.2) is 0 Å². The van der Waals surface area contributed by atoms with E-state index in [2.05, 4.69) is 4.98 Å². The fourth-order valence-corrected chi connectivity index (χ4v) is 1.65. The van der Waals surface area contributed by atoms with Crippen molar-refractivity contribution in [2.24, 2.45) is 0 Å². The van der Waals surface area contributed by atoms with E-state index in [0.29, 0.717) is 10.6 Å². The van der Waals surface area contributed by atoms with Crippen LogP contribution in [0.15, 0.2) is 30.5 Å². The third-order valence-corrected chi connectivity index (χ3v) is 2.46. The molecular weight excluding hydrogens is 238 g/mol. The maximum atomic E-state index is 11.7. The molecule has 1 aromatic carbocycles. The van der Waals surface area contributed by atoms with Gasteiger partial charge in [-0.25, -0.2) is 4.79 Å². The molecule has 0 aliphatic rings. The smallest absolute Gasteiger partial charge is 0.339 e. The summed E-state index contributed by atoms with van der Waals surface area (Å²) < 4.78 is 5.10. The molecule has 0 radical (unpaired) electrons. The molecule has 0 aliphatic carbocycles. The first-order chi connectivity index (χ1) is 8.06. The fraction of sp³-hybridized carbons (Fsp3) is 0.231. The standard InChI is InChI=1S/C13H12ClNO2/c1-8(2)17-13(16)10-5-9-3-4-11(14)6-12(9)15-7-10/h3-8H,1-2H3. The highest BCUT2D eigenvalue weighted by atomic mass is 35.5. The number of aromatic nitrogens is 1. The van der Waals surface area contributed by atoms with Gasteiger partial charge < -0.3 is 4.74 Å². The number of carbonyl (C=O) groups is 1. The lowest BCUT2D eigenvalue weighted by atomic mass is 10.1. The molecule has 1 aromatic heterocycles. The van der Waals surface area contributed by atoms with Crippen LogP contribution in [0.3, 0.4) is 0 Å². The summed E-state index contributed by atoms with van der Waals surface area (Å²) in [7, 11) is 0. The van der Waals surface area contributed by atoms with Crippen molar-refractivity contribution >= 4 is 28.5 Å². The van der Waals surface area contributed by atoms with Gasteiger partial charge in [0.25, 0.3) is 0 Å². The average molecular weight is 250 g/mol. The van der Waals surface area contributed by atoms with Gasteiger partial charge in [0.05, 0.1) is 17.2 Å². The van der Waals surface area contributed by atoms with Crippen molar-refractivity contribution in [3.63, 3.8) is 0 Å². The summed E-state index contributed by atoms with van der Waals surface area (Å²) >= 11 is 5.86. The van der Waals surface area contributed by atoms with Gasteiger partial charge in [-0.15, -0.1) is 0 Å². The topological polar surface area (TPSA) is 39.2 Å². The van der Waals surface area contributed by atoms with E-state index >= 15 is 0 Å². The predicted octanol–water partition coefficient (Wildman–Crippen LogP) is 3.45. The Morgan fingerprint density at radius 3 is 2.82 bits per heavy atom. The first-order valence-electron chi connectivity index (χ1n) is 5.32. The quantitative estimate of drug-likeness (QED) is 0.766. The molecule has 2 rings (SSSR count). The van der Waals surface area contributed by atoms with Crippen LogP contribution in [0.5, 0.6) is 0 Å². The van der Waals surface area contributed by atoms with E-state index < -0.39 is 0 Å². The van der Waals surface area contributed by atoms with Crippen LogP contribution < -0.4 is 0 Å². The zero-order chi connectivity index (χ0) is 12.4. The van der Waals surface area contributed by atoms with Crippen molar-refractivity contribution in [3.8, 4) is 0 Å². The van der Waals surface area contributed by atoms with Crippen LogP contribution >= 0.6 is 11.6 Å². The van der Waals surface area contributed by atoms with E-state index in [1.807, 2.05) is 19.9 Å². The number of rotatable bonds is 2. The number of halogens is 1. The third kappa shape index (κ3) is 2.74. The Morgan fingerprint density at radius 2 is 2.12 bits per heavy atom. The van der Waals surface area contributed by atoms with Crippen LogP contribution in [0.25, 0.3) is 10.9 Å². The summed E-state index contributed by atoms with van der Waals surface area (Å²) in [5, 5.41) is 1.50.